The second-order valence-corrected chi connectivity index (χ2v) is 2.78. The van der Waals surface area contributed by atoms with Gasteiger partial charge in [0.1, 0.15) is 12.4 Å². The first-order chi connectivity index (χ1) is 8.15. The van der Waals surface area contributed by atoms with Crippen molar-refractivity contribution < 1.29 is 19.0 Å². The Morgan fingerprint density at radius 2 is 2.12 bits per heavy atom. The van der Waals surface area contributed by atoms with E-state index in [2.05, 4.69) is 9.84 Å². The highest BCUT2D eigenvalue weighted by Gasteiger charge is 2.27. The highest BCUT2D eigenvalue weighted by atomic mass is 16.6. The third-order valence-corrected chi connectivity index (χ3v) is 1.63. The fraction of sp³-hybridized carbons (Fsp3) is 0.222. The van der Waals surface area contributed by atoms with E-state index in [4.69, 9.17) is 0 Å². The quantitative estimate of drug-likeness (QED) is 0.260. The molecule has 1 N–H and O–H groups in total. The molecule has 0 aliphatic heterocycles. The Morgan fingerprint density at radius 1 is 1.47 bits per heavy atom. The van der Waals surface area contributed by atoms with Gasteiger partial charge in [-0.1, -0.05) is 11.5 Å². The Morgan fingerprint density at radius 3 is 2.65 bits per heavy atom. The van der Waals surface area contributed by atoms with Crippen LogP contribution in [0.5, 0.6) is 0 Å². The van der Waals surface area contributed by atoms with Gasteiger partial charge in [-0.25, -0.2) is 4.79 Å². The molecular weight excluding hydrogens is 228 g/mol. The van der Waals surface area contributed by atoms with E-state index in [0.717, 1.165) is 4.57 Å². The number of ether oxygens (including phenoxy) is 1. The van der Waals surface area contributed by atoms with Crippen LogP contribution in [0.25, 0.3) is 0 Å². The van der Waals surface area contributed by atoms with Crippen molar-refractivity contribution in [3.05, 3.63) is 40.7 Å². The predicted molar refractivity (Wildman–Crippen MR) is 56.6 cm³/mol. The van der Waals surface area contributed by atoms with Gasteiger partial charge in [-0.2, -0.15) is 0 Å². The lowest BCUT2D eigenvalue weighted by Crippen LogP contribution is -2.48. The molecule has 0 unspecified atom stereocenters. The van der Waals surface area contributed by atoms with Gasteiger partial charge in [0, 0.05) is 0 Å². The number of rotatable bonds is 2. The van der Waals surface area contributed by atoms with Crippen LogP contribution >= 0.6 is 0 Å². The minimum Gasteiger partial charge on any atom is -0.447 e. The largest absolute Gasteiger partial charge is 0.657 e. The Kier molecular flexibility index (Phi) is 4.55. The highest BCUT2D eigenvalue weighted by molar-refractivity contribution is 5.70. The Labute approximate surface area is 96.7 Å². The zero-order valence-electron chi connectivity index (χ0n) is 9.07. The lowest BCUT2D eigenvalue weighted by Gasteiger charge is -1.94. The summed E-state index contributed by atoms with van der Waals surface area (Å²) in [5.74, 6) is -0.529. The lowest BCUT2D eigenvalue weighted by molar-refractivity contribution is -0.633. The molecule has 8 heteroatoms. The van der Waals surface area contributed by atoms with Crippen LogP contribution in [0.15, 0.2) is 35.7 Å². The van der Waals surface area contributed by atoms with Crippen molar-refractivity contribution in [2.24, 2.45) is 5.10 Å². The number of nitrogens with zero attached hydrogens (tertiary/aromatic N) is 3. The van der Waals surface area contributed by atoms with Crippen molar-refractivity contribution >= 4 is 12.1 Å². The van der Waals surface area contributed by atoms with Crippen molar-refractivity contribution in [1.29, 1.82) is 0 Å². The molecule has 0 aliphatic rings. The summed E-state index contributed by atoms with van der Waals surface area (Å²) >= 11 is 0. The van der Waals surface area contributed by atoms with E-state index < -0.39 is 17.0 Å². The maximum Gasteiger partial charge on any atom is 0.657 e. The Balaban J connectivity index is 2.84. The summed E-state index contributed by atoms with van der Waals surface area (Å²) < 4.78 is 5.68. The van der Waals surface area contributed by atoms with Crippen LogP contribution in [-0.2, 0) is 4.74 Å². The normalized spacial score (nSPS) is 10.8. The summed E-state index contributed by atoms with van der Waals surface area (Å²) in [4.78, 5) is 20.9. The number of hydrazone groups is 1. The van der Waals surface area contributed by atoms with Crippen molar-refractivity contribution in [1.82, 2.24) is 5.43 Å². The molecule has 0 saturated carbocycles. The summed E-state index contributed by atoms with van der Waals surface area (Å²) in [6.45, 7) is 1.78. The second kappa shape index (κ2) is 6.16. The zero-order chi connectivity index (χ0) is 12.7. The maximum atomic E-state index is 10.9. The third-order valence-electron chi connectivity index (χ3n) is 1.63. The third kappa shape index (κ3) is 3.86. The zero-order valence-corrected chi connectivity index (χ0v) is 9.07. The number of pyridine rings is 1. The van der Waals surface area contributed by atoms with E-state index in [9.17, 15) is 14.9 Å². The lowest BCUT2D eigenvalue weighted by atomic mass is 10.5. The Bertz CT molecular complexity index is 432. The topological polar surface area (TPSA) is 97.7 Å². The molecule has 0 radical (unpaired) electrons. The second-order valence-electron chi connectivity index (χ2n) is 2.78. The minimum atomic E-state index is -0.844. The molecule has 17 heavy (non-hydrogen) atoms. The molecule has 0 atom stereocenters. The molecule has 0 fully saturated rings. The summed E-state index contributed by atoms with van der Waals surface area (Å²) in [7, 11) is 0. The molecule has 1 amide bonds. The monoisotopic (exact) mass is 239 g/mol. The van der Waals surface area contributed by atoms with E-state index in [1.807, 2.05) is 5.43 Å². The van der Waals surface area contributed by atoms with Gasteiger partial charge >= 0.3 is 12.1 Å². The molecule has 0 bridgehead atoms. The van der Waals surface area contributed by atoms with Gasteiger partial charge in [-0.05, 0) is 19.1 Å². The molecule has 1 heterocycles. The summed E-state index contributed by atoms with van der Waals surface area (Å²) in [6.07, 6.45) is 2.03. The molecule has 1 aromatic rings. The number of nitro groups is 1. The van der Waals surface area contributed by atoms with Crippen molar-refractivity contribution in [3.8, 4) is 0 Å². The summed E-state index contributed by atoms with van der Waals surface area (Å²) in [5.41, 5.74) is 1.93. The van der Waals surface area contributed by atoms with Gasteiger partial charge in [-0.3, -0.25) is 0 Å². The molecule has 1 rings (SSSR count). The van der Waals surface area contributed by atoms with Crippen LogP contribution in [0.1, 0.15) is 6.92 Å². The van der Waals surface area contributed by atoms with E-state index in [0.29, 0.717) is 0 Å². The number of carbonyl (C=O) groups excluding carboxylic acids is 1. The number of hydrogen-bond donors (Lipinski definition) is 1. The van der Waals surface area contributed by atoms with E-state index in [1.54, 1.807) is 25.1 Å². The van der Waals surface area contributed by atoms with Crippen LogP contribution in [0.4, 0.5) is 4.79 Å². The molecule has 8 nitrogen and oxygen atoms in total. The van der Waals surface area contributed by atoms with Crippen molar-refractivity contribution in [2.75, 3.05) is 6.61 Å². The molecule has 0 aromatic carbocycles. The fourth-order valence-electron chi connectivity index (χ4n) is 0.984. The molecule has 0 saturated heterocycles. The van der Waals surface area contributed by atoms with Crippen LogP contribution in [-0.4, -0.2) is 23.6 Å². The van der Waals surface area contributed by atoms with Gasteiger partial charge in [0.05, 0.1) is 11.5 Å². The van der Waals surface area contributed by atoms with Gasteiger partial charge in [0.2, 0.25) is 0 Å². The average molecular weight is 239 g/mol. The SMILES string of the molecule is CCOC(=O)N/N=C(/[N+](=O)[O-])[n+]1ccccc1. The van der Waals surface area contributed by atoms with Crippen molar-refractivity contribution in [3.63, 3.8) is 0 Å². The molecule has 90 valence electrons. The van der Waals surface area contributed by atoms with Crippen LogP contribution in [0.2, 0.25) is 0 Å². The van der Waals surface area contributed by atoms with E-state index in [1.165, 1.54) is 12.4 Å². The fourth-order valence-corrected chi connectivity index (χ4v) is 0.984. The summed E-state index contributed by atoms with van der Waals surface area (Å²) in [6, 6.07) is 4.90. The molecular formula is C9H11N4O4+. The summed E-state index contributed by atoms with van der Waals surface area (Å²) in [5, 5.41) is 14.1. The first-order valence-electron chi connectivity index (χ1n) is 4.76. The van der Waals surface area contributed by atoms with E-state index in [-0.39, 0.29) is 6.61 Å². The maximum absolute atomic E-state index is 10.9. The number of carbonyl (C=O) groups is 1. The number of aromatic nitrogens is 1. The van der Waals surface area contributed by atoms with Gasteiger partial charge in [-0.15, -0.1) is 4.57 Å². The van der Waals surface area contributed by atoms with Crippen LogP contribution in [0, 0.1) is 10.1 Å². The van der Waals surface area contributed by atoms with Crippen LogP contribution < -0.4 is 9.99 Å². The first-order valence-corrected chi connectivity index (χ1v) is 4.76. The highest BCUT2D eigenvalue weighted by Crippen LogP contribution is 1.82. The standard InChI is InChI=1S/C9H10N4O4/c1-2-17-9(14)11-10-8(13(15)16)12-6-4-3-5-7-12/h3-7H,2H2,1H3/p+1/b10-8+. The molecule has 0 spiro atoms. The number of hydrogen-bond acceptors (Lipinski definition) is 5. The van der Waals surface area contributed by atoms with Crippen LogP contribution in [0.3, 0.4) is 0 Å². The number of amides is 1. The molecule has 1 aromatic heterocycles. The Hall–Kier alpha value is -2.51. The van der Waals surface area contributed by atoms with Gasteiger partial charge in [0.15, 0.2) is 5.10 Å². The van der Waals surface area contributed by atoms with Gasteiger partial charge in [0.25, 0.3) is 0 Å². The predicted octanol–water partition coefficient (Wildman–Crippen LogP) is 0.116. The van der Waals surface area contributed by atoms with E-state index >= 15 is 0 Å². The minimum absolute atomic E-state index is 0.160. The van der Waals surface area contributed by atoms with Gasteiger partial charge < -0.3 is 14.9 Å². The number of nitrogens with one attached hydrogen (secondary N) is 1. The molecule has 0 aliphatic carbocycles. The van der Waals surface area contributed by atoms with Crippen molar-refractivity contribution in [2.45, 2.75) is 6.92 Å². The first kappa shape index (κ1) is 12.6. The average Bonchev–Trinajstić information content (AvgIpc) is 2.30. The smallest absolute Gasteiger partial charge is 0.447 e.